The second kappa shape index (κ2) is 7.79. The van der Waals surface area contributed by atoms with Gasteiger partial charge in [0.05, 0.1) is 24.8 Å². The van der Waals surface area contributed by atoms with Crippen LogP contribution in [0.1, 0.15) is 12.0 Å². The predicted octanol–water partition coefficient (Wildman–Crippen LogP) is 1.26. The van der Waals surface area contributed by atoms with E-state index in [1.807, 2.05) is 6.07 Å². The van der Waals surface area contributed by atoms with Gasteiger partial charge in [0, 0.05) is 25.6 Å². The van der Waals surface area contributed by atoms with Crippen LogP contribution in [0.25, 0.3) is 0 Å². The number of nitrogens with zero attached hydrogens (tertiary/aromatic N) is 5. The molecule has 0 spiro atoms. The van der Waals surface area contributed by atoms with Crippen molar-refractivity contribution < 1.29 is 19.3 Å². The standard InChI is InChI=1S/C16H17N5O5/c17-9-12-2-1-3-14(8-12)26-16(22)20-6-5-19(15(20)18-21(23)24)10-13-4-7-25-11-13/h1-3,8,13H,4-7,10-11H2. The molecule has 3 rings (SSSR count). The smallest absolute Gasteiger partial charge is 0.410 e. The second-order valence-electron chi connectivity index (χ2n) is 5.97. The highest BCUT2D eigenvalue weighted by molar-refractivity contribution is 5.96. The number of ether oxygens (including phenoxy) is 2. The normalized spacial score (nSPS) is 21.0. The van der Waals surface area contributed by atoms with Gasteiger partial charge in [-0.05, 0) is 24.6 Å². The largest absolute Gasteiger partial charge is 0.422 e. The Kier molecular flexibility index (Phi) is 5.28. The van der Waals surface area contributed by atoms with Gasteiger partial charge in [0.2, 0.25) is 0 Å². The number of hydrogen-bond donors (Lipinski definition) is 0. The minimum atomic E-state index is -0.824. The number of carbonyl (C=O) groups excluding carboxylic acids is 1. The zero-order chi connectivity index (χ0) is 18.5. The molecule has 1 unspecified atom stereocenters. The molecule has 2 aliphatic rings. The molecule has 1 aromatic rings. The van der Waals surface area contributed by atoms with Gasteiger partial charge in [0.25, 0.3) is 5.96 Å². The molecule has 136 valence electrons. The first-order valence-electron chi connectivity index (χ1n) is 8.12. The molecule has 10 nitrogen and oxygen atoms in total. The third kappa shape index (κ3) is 4.07. The summed E-state index contributed by atoms with van der Waals surface area (Å²) in [7, 11) is 0. The van der Waals surface area contributed by atoms with Crippen LogP contribution in [0, 0.1) is 27.4 Å². The minimum Gasteiger partial charge on any atom is -0.410 e. The Morgan fingerprint density at radius 3 is 3.04 bits per heavy atom. The lowest BCUT2D eigenvalue weighted by Gasteiger charge is -2.21. The summed E-state index contributed by atoms with van der Waals surface area (Å²) in [5.74, 6) is 0.399. The molecule has 1 aromatic carbocycles. The van der Waals surface area contributed by atoms with E-state index in [1.54, 1.807) is 17.0 Å². The van der Waals surface area contributed by atoms with Crippen LogP contribution in [0.15, 0.2) is 29.4 Å². The Labute approximate surface area is 149 Å². The summed E-state index contributed by atoms with van der Waals surface area (Å²) in [5, 5.41) is 22.4. The van der Waals surface area contributed by atoms with E-state index in [2.05, 4.69) is 5.10 Å². The Morgan fingerprint density at radius 2 is 2.35 bits per heavy atom. The lowest BCUT2D eigenvalue weighted by atomic mass is 10.1. The highest BCUT2D eigenvalue weighted by atomic mass is 16.7. The van der Waals surface area contributed by atoms with Gasteiger partial charge in [-0.25, -0.2) is 19.8 Å². The first kappa shape index (κ1) is 17.6. The molecule has 2 fully saturated rings. The van der Waals surface area contributed by atoms with Crippen LogP contribution in [-0.4, -0.2) is 59.7 Å². The quantitative estimate of drug-likeness (QED) is 0.586. The van der Waals surface area contributed by atoms with Gasteiger partial charge in [0.15, 0.2) is 5.03 Å². The highest BCUT2D eigenvalue weighted by Crippen LogP contribution is 2.20. The molecule has 0 N–H and O–H groups in total. The molecule has 2 heterocycles. The third-order valence-corrected chi connectivity index (χ3v) is 4.18. The molecule has 2 aliphatic heterocycles. The van der Waals surface area contributed by atoms with Crippen molar-refractivity contribution in [3.63, 3.8) is 0 Å². The van der Waals surface area contributed by atoms with Crippen molar-refractivity contribution in [3.8, 4) is 11.8 Å². The number of benzene rings is 1. The molecule has 1 amide bonds. The molecule has 1 atom stereocenters. The molecule has 26 heavy (non-hydrogen) atoms. The average molecular weight is 359 g/mol. The predicted molar refractivity (Wildman–Crippen MR) is 88.8 cm³/mol. The van der Waals surface area contributed by atoms with Crippen molar-refractivity contribution in [3.05, 3.63) is 39.9 Å². The van der Waals surface area contributed by atoms with Crippen LogP contribution in [0.4, 0.5) is 4.79 Å². The number of nitriles is 1. The van der Waals surface area contributed by atoms with E-state index in [0.29, 0.717) is 31.9 Å². The van der Waals surface area contributed by atoms with Crippen molar-refractivity contribution in [2.24, 2.45) is 11.0 Å². The van der Waals surface area contributed by atoms with E-state index in [4.69, 9.17) is 14.7 Å². The van der Waals surface area contributed by atoms with E-state index in [0.717, 1.165) is 11.3 Å². The summed E-state index contributed by atoms with van der Waals surface area (Å²) in [5.41, 5.74) is 0.346. The summed E-state index contributed by atoms with van der Waals surface area (Å²) in [6.07, 6.45) is 0.0963. The summed E-state index contributed by atoms with van der Waals surface area (Å²) in [6.45, 7) is 2.45. The lowest BCUT2D eigenvalue weighted by molar-refractivity contribution is -0.486. The fraction of sp³-hybridized carbons (Fsp3) is 0.438. The minimum absolute atomic E-state index is 0.0386. The van der Waals surface area contributed by atoms with E-state index >= 15 is 0 Å². The average Bonchev–Trinajstić information content (AvgIpc) is 3.26. The summed E-state index contributed by atoms with van der Waals surface area (Å²) >= 11 is 0. The van der Waals surface area contributed by atoms with Crippen molar-refractivity contribution in [2.75, 3.05) is 32.8 Å². The summed E-state index contributed by atoms with van der Waals surface area (Å²) in [6, 6.07) is 8.08. The van der Waals surface area contributed by atoms with Gasteiger partial charge in [-0.15, -0.1) is 0 Å². The number of carbonyl (C=O) groups is 1. The maximum Gasteiger partial charge on any atom is 0.422 e. The molecule has 0 aromatic heterocycles. The Balaban J connectivity index is 1.73. The SMILES string of the molecule is N#Cc1cccc(OC(=O)N2CCN(CC3CCOC3)C2=N[N+](=O)[O-])c1. The van der Waals surface area contributed by atoms with E-state index in [-0.39, 0.29) is 24.2 Å². The maximum atomic E-state index is 12.5. The van der Waals surface area contributed by atoms with Crippen molar-refractivity contribution in [1.29, 1.82) is 5.26 Å². The van der Waals surface area contributed by atoms with Gasteiger partial charge >= 0.3 is 6.09 Å². The van der Waals surface area contributed by atoms with Gasteiger partial charge < -0.3 is 14.4 Å². The number of rotatable bonds is 4. The van der Waals surface area contributed by atoms with Crippen molar-refractivity contribution in [1.82, 2.24) is 9.80 Å². The molecular formula is C16H17N5O5. The maximum absolute atomic E-state index is 12.5. The number of hydrazone groups is 1. The molecule has 10 heteroatoms. The van der Waals surface area contributed by atoms with Gasteiger partial charge in [-0.2, -0.15) is 5.26 Å². The Bertz CT molecular complexity index is 769. The van der Waals surface area contributed by atoms with Crippen molar-refractivity contribution in [2.45, 2.75) is 6.42 Å². The van der Waals surface area contributed by atoms with E-state index < -0.39 is 11.1 Å². The van der Waals surface area contributed by atoms with Crippen LogP contribution in [-0.2, 0) is 4.74 Å². The molecule has 0 aliphatic carbocycles. The fourth-order valence-corrected chi connectivity index (χ4v) is 2.95. The first-order chi connectivity index (χ1) is 12.6. The van der Waals surface area contributed by atoms with Gasteiger partial charge in [0.1, 0.15) is 10.9 Å². The number of nitro groups is 1. The molecule has 0 bridgehead atoms. The van der Waals surface area contributed by atoms with Crippen LogP contribution in [0.2, 0.25) is 0 Å². The number of hydrogen-bond acceptors (Lipinski definition) is 6. The molecule has 2 saturated heterocycles. The van der Waals surface area contributed by atoms with E-state index in [1.165, 1.54) is 12.1 Å². The zero-order valence-electron chi connectivity index (χ0n) is 13.9. The Hall–Kier alpha value is -3.19. The van der Waals surface area contributed by atoms with Crippen LogP contribution in [0.3, 0.4) is 0 Å². The van der Waals surface area contributed by atoms with E-state index in [9.17, 15) is 14.9 Å². The first-order valence-corrected chi connectivity index (χ1v) is 8.12. The third-order valence-electron chi connectivity index (χ3n) is 4.18. The number of amides is 1. The topological polar surface area (TPSA) is 121 Å². The van der Waals surface area contributed by atoms with Gasteiger partial charge in [-0.3, -0.25) is 0 Å². The van der Waals surface area contributed by atoms with Crippen LogP contribution in [0.5, 0.6) is 5.75 Å². The molecular weight excluding hydrogens is 342 g/mol. The highest BCUT2D eigenvalue weighted by Gasteiger charge is 2.37. The zero-order valence-corrected chi connectivity index (χ0v) is 13.9. The van der Waals surface area contributed by atoms with Crippen molar-refractivity contribution >= 4 is 12.1 Å². The monoisotopic (exact) mass is 359 g/mol. The molecule has 0 radical (unpaired) electrons. The summed E-state index contributed by atoms with van der Waals surface area (Å²) < 4.78 is 10.6. The Morgan fingerprint density at radius 1 is 1.50 bits per heavy atom. The second-order valence-corrected chi connectivity index (χ2v) is 5.97. The fourth-order valence-electron chi connectivity index (χ4n) is 2.95. The van der Waals surface area contributed by atoms with Crippen LogP contribution < -0.4 is 4.74 Å². The number of guanidine groups is 1. The van der Waals surface area contributed by atoms with Gasteiger partial charge in [-0.1, -0.05) is 6.07 Å². The lowest BCUT2D eigenvalue weighted by Crippen LogP contribution is -2.41. The van der Waals surface area contributed by atoms with Crippen LogP contribution >= 0.6 is 0 Å². The molecule has 0 saturated carbocycles. The summed E-state index contributed by atoms with van der Waals surface area (Å²) in [4.78, 5) is 26.2.